The van der Waals surface area contributed by atoms with Crippen molar-refractivity contribution in [2.24, 2.45) is 4.99 Å². The van der Waals surface area contributed by atoms with E-state index in [9.17, 15) is 14.0 Å². The zero-order valence-electron chi connectivity index (χ0n) is 23.3. The van der Waals surface area contributed by atoms with E-state index in [1.54, 1.807) is 43.7 Å². The lowest BCUT2D eigenvalue weighted by Crippen LogP contribution is -2.40. The normalized spacial score (nSPS) is 15.0. The number of carbonyl (C=O) groups is 1. The first-order valence-corrected chi connectivity index (χ1v) is 14.4. The van der Waals surface area contributed by atoms with Crippen LogP contribution in [-0.2, 0) is 16.1 Å². The lowest BCUT2D eigenvalue weighted by atomic mass is 9.95. The van der Waals surface area contributed by atoms with Crippen LogP contribution in [0.4, 0.5) is 4.39 Å². The van der Waals surface area contributed by atoms with E-state index >= 15 is 0 Å². The molecule has 1 atom stereocenters. The van der Waals surface area contributed by atoms with Crippen LogP contribution in [0.25, 0.3) is 17.0 Å². The van der Waals surface area contributed by atoms with Crippen LogP contribution in [0.15, 0.2) is 100 Å². The number of rotatable bonds is 7. The van der Waals surface area contributed by atoms with E-state index in [-0.39, 0.29) is 18.0 Å². The number of nitrogens with zero attached hydrogens (tertiary/aromatic N) is 3. The minimum Gasteiger partial charge on any atom is -0.496 e. The highest BCUT2D eigenvalue weighted by atomic mass is 32.1. The Kier molecular flexibility index (Phi) is 7.34. The molecule has 0 radical (unpaired) electrons. The Bertz CT molecular complexity index is 2040. The highest BCUT2D eigenvalue weighted by Gasteiger charge is 2.35. The highest BCUT2D eigenvalue weighted by molar-refractivity contribution is 7.07. The molecule has 212 valence electrons. The summed E-state index contributed by atoms with van der Waals surface area (Å²) in [6.07, 6.45) is 3.87. The molecule has 0 amide bonds. The molecule has 0 unspecified atom stereocenters. The van der Waals surface area contributed by atoms with Crippen LogP contribution >= 0.6 is 11.3 Å². The molecule has 42 heavy (non-hydrogen) atoms. The summed E-state index contributed by atoms with van der Waals surface area (Å²) in [4.78, 5) is 32.5. The SMILES string of the molecule is CCOC(=O)C1=C(C)N=c2s/c(=C/c3cn(Cc4ccc(F)cc4)c4ccccc34)c(=O)n2[C@H]1c1ccccc1OC. The van der Waals surface area contributed by atoms with Crippen LogP contribution in [0.1, 0.15) is 36.6 Å². The molecular weight excluding hydrogens is 553 g/mol. The fourth-order valence-electron chi connectivity index (χ4n) is 5.43. The lowest BCUT2D eigenvalue weighted by Gasteiger charge is -2.25. The number of carbonyl (C=O) groups excluding carboxylic acids is 1. The summed E-state index contributed by atoms with van der Waals surface area (Å²) in [5.41, 5.74) is 4.02. The maximum absolute atomic E-state index is 14.1. The van der Waals surface area contributed by atoms with Gasteiger partial charge in [0.25, 0.3) is 5.56 Å². The average molecular weight is 582 g/mol. The molecule has 0 fully saturated rings. The predicted octanol–water partition coefficient (Wildman–Crippen LogP) is 4.95. The third-order valence-corrected chi connectivity index (χ3v) is 8.31. The monoisotopic (exact) mass is 581 g/mol. The van der Waals surface area contributed by atoms with E-state index in [4.69, 9.17) is 9.47 Å². The fourth-order valence-corrected chi connectivity index (χ4v) is 6.46. The molecule has 1 aliphatic heterocycles. The summed E-state index contributed by atoms with van der Waals surface area (Å²) in [7, 11) is 1.56. The van der Waals surface area contributed by atoms with Crippen LogP contribution in [-0.4, -0.2) is 28.8 Å². The molecule has 7 nitrogen and oxygen atoms in total. The predicted molar refractivity (Wildman–Crippen MR) is 161 cm³/mol. The van der Waals surface area contributed by atoms with Gasteiger partial charge in [-0.3, -0.25) is 9.36 Å². The second kappa shape index (κ2) is 11.3. The number of hydrogen-bond acceptors (Lipinski definition) is 6. The molecule has 6 rings (SSSR count). The van der Waals surface area contributed by atoms with Gasteiger partial charge in [0, 0.05) is 34.8 Å². The van der Waals surface area contributed by atoms with Gasteiger partial charge in [-0.2, -0.15) is 0 Å². The first-order chi connectivity index (χ1) is 20.4. The van der Waals surface area contributed by atoms with Crippen molar-refractivity contribution in [3.63, 3.8) is 0 Å². The van der Waals surface area contributed by atoms with Crippen LogP contribution in [0.3, 0.4) is 0 Å². The van der Waals surface area contributed by atoms with Gasteiger partial charge >= 0.3 is 5.97 Å². The number of ether oxygens (including phenoxy) is 2. The van der Waals surface area contributed by atoms with Crippen molar-refractivity contribution in [1.82, 2.24) is 9.13 Å². The van der Waals surface area contributed by atoms with Gasteiger partial charge in [0.2, 0.25) is 0 Å². The minimum absolute atomic E-state index is 0.195. The van der Waals surface area contributed by atoms with Gasteiger partial charge in [0.05, 0.1) is 29.5 Å². The van der Waals surface area contributed by atoms with Crippen LogP contribution in [0, 0.1) is 5.82 Å². The Morgan fingerprint density at radius 2 is 1.81 bits per heavy atom. The molecule has 3 heterocycles. The number of thiazole rings is 1. The standard InChI is InChI=1S/C33H28FN3O4S/c1-4-41-32(39)29-20(2)35-33-37(30(29)25-10-6-8-12-27(25)40-3)31(38)28(42-33)17-22-19-36(26-11-7-5-9-24(22)26)18-21-13-15-23(34)16-14-21/h5-17,19,30H,4,18H2,1-3H3/b28-17+/t30-/m0/s1. The number of benzene rings is 3. The van der Waals surface area contributed by atoms with Crippen molar-refractivity contribution < 1.29 is 18.7 Å². The molecular formula is C33H28FN3O4S. The highest BCUT2D eigenvalue weighted by Crippen LogP contribution is 2.35. The first kappa shape index (κ1) is 27.4. The second-order valence-corrected chi connectivity index (χ2v) is 10.9. The van der Waals surface area contributed by atoms with Crippen LogP contribution in [0.5, 0.6) is 5.75 Å². The maximum atomic E-state index is 14.1. The summed E-state index contributed by atoms with van der Waals surface area (Å²) in [5, 5.41) is 0.982. The number of fused-ring (bicyclic) bond motifs is 2. The molecule has 2 aromatic heterocycles. The topological polar surface area (TPSA) is 74.8 Å². The van der Waals surface area contributed by atoms with E-state index in [0.717, 1.165) is 22.0 Å². The Morgan fingerprint density at radius 3 is 2.57 bits per heavy atom. The number of allylic oxidation sites excluding steroid dienone is 1. The van der Waals surface area contributed by atoms with Crippen LogP contribution < -0.4 is 19.6 Å². The smallest absolute Gasteiger partial charge is 0.338 e. The van der Waals surface area contributed by atoms with Crippen molar-refractivity contribution in [2.75, 3.05) is 13.7 Å². The molecule has 9 heteroatoms. The van der Waals surface area contributed by atoms with E-state index < -0.39 is 12.0 Å². The number of halogens is 1. The van der Waals surface area contributed by atoms with Gasteiger partial charge in [-0.25, -0.2) is 14.2 Å². The van der Waals surface area contributed by atoms with Crippen molar-refractivity contribution >= 4 is 34.3 Å². The number of esters is 1. The van der Waals surface area contributed by atoms with Gasteiger partial charge in [0.15, 0.2) is 4.80 Å². The molecule has 0 aliphatic carbocycles. The zero-order valence-corrected chi connectivity index (χ0v) is 24.2. The third-order valence-electron chi connectivity index (χ3n) is 7.32. The van der Waals surface area contributed by atoms with Crippen molar-refractivity contribution in [3.05, 3.63) is 132 Å². The number of methoxy groups -OCH3 is 1. The average Bonchev–Trinajstić information content (AvgIpc) is 3.49. The molecule has 1 aliphatic rings. The molecule has 5 aromatic rings. The Hall–Kier alpha value is -4.76. The van der Waals surface area contributed by atoms with Crippen LogP contribution in [0.2, 0.25) is 0 Å². The Labute approximate surface area is 245 Å². The molecule has 3 aromatic carbocycles. The lowest BCUT2D eigenvalue weighted by molar-refractivity contribution is -0.139. The van der Waals surface area contributed by atoms with Gasteiger partial charge in [-0.05, 0) is 49.8 Å². The van der Waals surface area contributed by atoms with Gasteiger partial charge in [0.1, 0.15) is 17.6 Å². The zero-order chi connectivity index (χ0) is 29.4. The fraction of sp³-hybridized carbons (Fsp3) is 0.182. The summed E-state index contributed by atoms with van der Waals surface area (Å²) >= 11 is 1.27. The second-order valence-electron chi connectivity index (χ2n) is 9.90. The van der Waals surface area contributed by atoms with Gasteiger partial charge in [-0.15, -0.1) is 0 Å². The summed E-state index contributed by atoms with van der Waals surface area (Å²) in [6.45, 7) is 4.24. The quantitative estimate of drug-likeness (QED) is 0.255. The number of hydrogen-bond donors (Lipinski definition) is 0. The summed E-state index contributed by atoms with van der Waals surface area (Å²) in [5.74, 6) is -0.245. The van der Waals surface area contributed by atoms with Gasteiger partial charge < -0.3 is 14.0 Å². The molecule has 0 N–H and O–H groups in total. The Morgan fingerprint density at radius 1 is 1.07 bits per heavy atom. The number of para-hydroxylation sites is 2. The van der Waals surface area contributed by atoms with Crippen molar-refractivity contribution in [1.29, 1.82) is 0 Å². The van der Waals surface area contributed by atoms with E-state index in [0.29, 0.717) is 38.5 Å². The molecule has 0 spiro atoms. The Balaban J connectivity index is 1.53. The first-order valence-electron chi connectivity index (χ1n) is 13.5. The maximum Gasteiger partial charge on any atom is 0.338 e. The van der Waals surface area contributed by atoms with E-state index in [1.165, 1.54) is 23.5 Å². The summed E-state index contributed by atoms with van der Waals surface area (Å²) < 4.78 is 28.7. The van der Waals surface area contributed by atoms with Crippen molar-refractivity contribution in [2.45, 2.75) is 26.4 Å². The number of aromatic nitrogens is 2. The largest absolute Gasteiger partial charge is 0.496 e. The molecule has 0 bridgehead atoms. The summed E-state index contributed by atoms with van der Waals surface area (Å²) in [6, 6.07) is 21.0. The molecule has 0 saturated heterocycles. The van der Waals surface area contributed by atoms with E-state index in [1.807, 2.05) is 54.7 Å². The van der Waals surface area contributed by atoms with E-state index in [2.05, 4.69) is 9.56 Å². The third kappa shape index (κ3) is 4.86. The van der Waals surface area contributed by atoms with Gasteiger partial charge in [-0.1, -0.05) is 59.9 Å². The molecule has 0 saturated carbocycles. The van der Waals surface area contributed by atoms with Crippen molar-refractivity contribution in [3.8, 4) is 5.75 Å². The minimum atomic E-state index is -0.765.